The maximum absolute atomic E-state index is 12.4. The number of aliphatic imine (C=N–C) groups is 1. The number of hydrogen-bond donors (Lipinski definition) is 2. The molecule has 10 heteroatoms. The normalized spacial score (nSPS) is 17.8. The summed E-state index contributed by atoms with van der Waals surface area (Å²) in [6, 6.07) is 4.75. The predicted octanol–water partition coefficient (Wildman–Crippen LogP) is 2.45. The first-order chi connectivity index (χ1) is 14.8. The minimum Gasteiger partial charge on any atom is -0.356 e. The highest BCUT2D eigenvalue weighted by atomic mass is 127. The highest BCUT2D eigenvalue weighted by Crippen LogP contribution is 2.27. The van der Waals surface area contributed by atoms with Gasteiger partial charge in [-0.2, -0.15) is 5.10 Å². The van der Waals surface area contributed by atoms with E-state index in [-0.39, 0.29) is 29.7 Å². The number of aryl methyl sites for hydroxylation is 2. The number of hydrogen-bond acceptors (Lipinski definition) is 5. The second kappa shape index (κ2) is 12.0. The number of aromatic nitrogens is 3. The Kier molecular flexibility index (Phi) is 9.39. The molecule has 31 heavy (non-hydrogen) atoms. The summed E-state index contributed by atoms with van der Waals surface area (Å²) in [5.41, 5.74) is 0.0385. The van der Waals surface area contributed by atoms with Crippen LogP contribution in [0.3, 0.4) is 0 Å². The average molecular weight is 560 g/mol. The van der Waals surface area contributed by atoms with Crippen LogP contribution in [-0.4, -0.2) is 58.4 Å². The fourth-order valence-electron chi connectivity index (χ4n) is 4.39. The van der Waals surface area contributed by atoms with Crippen LogP contribution in [0.4, 0.5) is 0 Å². The SMILES string of the molecule is CN=C(NCCCn1nc2n(c1=O)CCCC2)NCC(c1cccs1)N1CCCC1.I. The van der Waals surface area contributed by atoms with Crippen LogP contribution in [0.1, 0.15) is 48.8 Å². The summed E-state index contributed by atoms with van der Waals surface area (Å²) < 4.78 is 3.46. The molecule has 8 nitrogen and oxygen atoms in total. The van der Waals surface area contributed by atoms with Gasteiger partial charge in [0.15, 0.2) is 5.96 Å². The molecule has 2 N–H and O–H groups in total. The molecule has 0 radical (unpaired) electrons. The first kappa shape index (κ1) is 24.2. The minimum atomic E-state index is 0. The van der Waals surface area contributed by atoms with Gasteiger partial charge in [-0.1, -0.05) is 6.07 Å². The number of nitrogens with zero attached hydrogens (tertiary/aromatic N) is 5. The Balaban J connectivity index is 0.00000272. The summed E-state index contributed by atoms with van der Waals surface area (Å²) in [7, 11) is 1.80. The average Bonchev–Trinajstić information content (AvgIpc) is 3.53. The van der Waals surface area contributed by atoms with Gasteiger partial charge >= 0.3 is 5.69 Å². The van der Waals surface area contributed by atoms with E-state index in [4.69, 9.17) is 0 Å². The molecule has 1 saturated heterocycles. The van der Waals surface area contributed by atoms with Gasteiger partial charge in [0, 0.05) is 44.5 Å². The summed E-state index contributed by atoms with van der Waals surface area (Å²) >= 11 is 1.83. The molecule has 0 bridgehead atoms. The Labute approximate surface area is 205 Å². The van der Waals surface area contributed by atoms with Gasteiger partial charge in [-0.15, -0.1) is 35.3 Å². The van der Waals surface area contributed by atoms with Crippen LogP contribution in [0.25, 0.3) is 0 Å². The highest BCUT2D eigenvalue weighted by Gasteiger charge is 2.24. The quantitative estimate of drug-likeness (QED) is 0.225. The van der Waals surface area contributed by atoms with Gasteiger partial charge in [-0.05, 0) is 56.6 Å². The Morgan fingerprint density at radius 3 is 2.74 bits per heavy atom. The second-order valence-corrected chi connectivity index (χ2v) is 9.02. The number of halogens is 1. The highest BCUT2D eigenvalue weighted by molar-refractivity contribution is 14.0. The number of guanidine groups is 1. The Hall–Kier alpha value is -1.40. The molecule has 1 unspecified atom stereocenters. The molecule has 0 aromatic carbocycles. The van der Waals surface area contributed by atoms with Crippen LogP contribution in [0.15, 0.2) is 27.3 Å². The predicted molar refractivity (Wildman–Crippen MR) is 137 cm³/mol. The van der Waals surface area contributed by atoms with Crippen molar-refractivity contribution < 1.29 is 0 Å². The van der Waals surface area contributed by atoms with E-state index in [1.807, 2.05) is 15.9 Å². The maximum Gasteiger partial charge on any atom is 0.345 e. The van der Waals surface area contributed by atoms with E-state index in [1.54, 1.807) is 11.7 Å². The summed E-state index contributed by atoms with van der Waals surface area (Å²) in [4.78, 5) is 20.8. The topological polar surface area (TPSA) is 79.5 Å². The molecule has 0 aliphatic carbocycles. The lowest BCUT2D eigenvalue weighted by atomic mass is 10.2. The third kappa shape index (κ3) is 6.10. The maximum atomic E-state index is 12.4. The molecule has 2 aliphatic rings. The molecule has 1 fully saturated rings. The zero-order valence-electron chi connectivity index (χ0n) is 18.3. The molecule has 1 atom stereocenters. The van der Waals surface area contributed by atoms with Gasteiger partial charge in [0.2, 0.25) is 0 Å². The molecule has 0 saturated carbocycles. The lowest BCUT2D eigenvalue weighted by Crippen LogP contribution is -2.43. The molecule has 0 amide bonds. The number of thiophene rings is 1. The van der Waals surface area contributed by atoms with Crippen LogP contribution < -0.4 is 16.3 Å². The van der Waals surface area contributed by atoms with E-state index < -0.39 is 0 Å². The summed E-state index contributed by atoms with van der Waals surface area (Å²) in [6.07, 6.45) is 6.52. The van der Waals surface area contributed by atoms with Crippen molar-refractivity contribution in [3.8, 4) is 0 Å². The van der Waals surface area contributed by atoms with Gasteiger partial charge in [0.25, 0.3) is 0 Å². The van der Waals surface area contributed by atoms with Crippen molar-refractivity contribution in [2.24, 2.45) is 4.99 Å². The molecule has 4 heterocycles. The van der Waals surface area contributed by atoms with E-state index in [1.165, 1.54) is 30.8 Å². The van der Waals surface area contributed by atoms with Gasteiger partial charge < -0.3 is 10.6 Å². The second-order valence-electron chi connectivity index (χ2n) is 8.04. The lowest BCUT2D eigenvalue weighted by Gasteiger charge is -2.27. The van der Waals surface area contributed by atoms with Crippen LogP contribution in [0.5, 0.6) is 0 Å². The van der Waals surface area contributed by atoms with Crippen LogP contribution in [-0.2, 0) is 19.5 Å². The lowest BCUT2D eigenvalue weighted by molar-refractivity contribution is 0.249. The number of rotatable bonds is 8. The van der Waals surface area contributed by atoms with E-state index in [0.717, 1.165) is 57.1 Å². The third-order valence-electron chi connectivity index (χ3n) is 6.01. The van der Waals surface area contributed by atoms with Gasteiger partial charge in [0.1, 0.15) is 5.82 Å². The summed E-state index contributed by atoms with van der Waals surface area (Å²) in [6.45, 7) is 5.37. The van der Waals surface area contributed by atoms with E-state index >= 15 is 0 Å². The molecule has 172 valence electrons. The van der Waals surface area contributed by atoms with Gasteiger partial charge in [-0.25, -0.2) is 9.48 Å². The van der Waals surface area contributed by atoms with Crippen LogP contribution in [0, 0.1) is 0 Å². The standard InChI is InChI=1S/C21H33N7OS.HI/c1-22-20(24-16-17(18-8-6-15-30-18)26-11-4-5-12-26)23-10-7-14-28-21(29)27-13-3-2-9-19(27)25-28;/h6,8,15,17H,2-5,7,9-14,16H2,1H3,(H2,22,23,24);1H. The molecule has 0 spiro atoms. The molecular formula is C21H34IN7OS. The van der Waals surface area contributed by atoms with Crippen molar-refractivity contribution >= 4 is 41.3 Å². The Morgan fingerprint density at radius 1 is 1.23 bits per heavy atom. The number of likely N-dealkylation sites (tertiary alicyclic amines) is 1. The third-order valence-corrected chi connectivity index (χ3v) is 6.98. The van der Waals surface area contributed by atoms with Crippen molar-refractivity contribution in [1.82, 2.24) is 29.9 Å². The smallest absolute Gasteiger partial charge is 0.345 e. The van der Waals surface area contributed by atoms with Gasteiger partial charge in [0.05, 0.1) is 6.04 Å². The molecule has 2 aromatic rings. The van der Waals surface area contributed by atoms with Crippen molar-refractivity contribution in [3.63, 3.8) is 0 Å². The zero-order valence-corrected chi connectivity index (χ0v) is 21.4. The largest absolute Gasteiger partial charge is 0.356 e. The summed E-state index contributed by atoms with van der Waals surface area (Å²) in [5.74, 6) is 1.76. The number of nitrogens with one attached hydrogen (secondary N) is 2. The first-order valence-corrected chi connectivity index (χ1v) is 12.0. The molecular weight excluding hydrogens is 525 g/mol. The Morgan fingerprint density at radius 2 is 2.03 bits per heavy atom. The monoisotopic (exact) mass is 559 g/mol. The minimum absolute atomic E-state index is 0. The van der Waals surface area contributed by atoms with Gasteiger partial charge in [-0.3, -0.25) is 14.5 Å². The van der Waals surface area contributed by atoms with Crippen LogP contribution in [0.2, 0.25) is 0 Å². The molecule has 2 aromatic heterocycles. The zero-order chi connectivity index (χ0) is 20.8. The van der Waals surface area contributed by atoms with E-state index in [9.17, 15) is 4.79 Å². The molecule has 2 aliphatic heterocycles. The molecule has 4 rings (SSSR count). The van der Waals surface area contributed by atoms with Crippen LogP contribution >= 0.6 is 35.3 Å². The van der Waals surface area contributed by atoms with E-state index in [2.05, 4.69) is 43.1 Å². The van der Waals surface area contributed by atoms with Crippen molar-refractivity contribution in [3.05, 3.63) is 38.7 Å². The van der Waals surface area contributed by atoms with Crippen molar-refractivity contribution in [2.45, 2.75) is 57.7 Å². The summed E-state index contributed by atoms with van der Waals surface area (Å²) in [5, 5.41) is 13.5. The van der Waals surface area contributed by atoms with Crippen molar-refractivity contribution in [1.29, 1.82) is 0 Å². The Bertz CT molecular complexity index is 886. The first-order valence-electron chi connectivity index (χ1n) is 11.1. The number of fused-ring (bicyclic) bond motifs is 1. The fourth-order valence-corrected chi connectivity index (χ4v) is 5.25. The fraction of sp³-hybridized carbons (Fsp3) is 0.667. The van der Waals surface area contributed by atoms with E-state index in [0.29, 0.717) is 12.6 Å². The van der Waals surface area contributed by atoms with Crippen molar-refractivity contribution in [2.75, 3.05) is 33.2 Å².